The number of anilines is 1. The van der Waals surface area contributed by atoms with E-state index in [-0.39, 0.29) is 0 Å². The number of nitrogens with one attached hydrogen (secondary N) is 1. The summed E-state index contributed by atoms with van der Waals surface area (Å²) in [6, 6.07) is 4.07. The van der Waals surface area contributed by atoms with E-state index < -0.39 is 6.10 Å². The first kappa shape index (κ1) is 17.0. The lowest BCUT2D eigenvalue weighted by molar-refractivity contribution is 0.0318. The highest BCUT2D eigenvalue weighted by Gasteiger charge is 2.09. The van der Waals surface area contributed by atoms with Crippen molar-refractivity contribution in [3.63, 3.8) is 0 Å². The molecule has 0 aliphatic heterocycles. The zero-order valence-corrected chi connectivity index (χ0v) is 14.7. The predicted octanol–water partition coefficient (Wildman–Crippen LogP) is 3.97. The fourth-order valence-electron chi connectivity index (χ4n) is 1.59. The van der Waals surface area contributed by atoms with Crippen LogP contribution in [0, 0.1) is 12.8 Å². The molecule has 108 valence electrons. The van der Waals surface area contributed by atoms with E-state index in [4.69, 9.17) is 4.74 Å². The van der Waals surface area contributed by atoms with Crippen molar-refractivity contribution in [3.05, 3.63) is 26.6 Å². The molecule has 1 rings (SSSR count). The highest BCUT2D eigenvalue weighted by Crippen LogP contribution is 2.32. The number of aliphatic hydroxyl groups excluding tert-OH is 1. The minimum atomic E-state index is -0.515. The number of hydrogen-bond donors (Lipinski definition) is 2. The molecule has 0 aliphatic carbocycles. The van der Waals surface area contributed by atoms with Crippen LogP contribution in [-0.4, -0.2) is 31.0 Å². The van der Waals surface area contributed by atoms with Crippen molar-refractivity contribution in [2.24, 2.45) is 5.92 Å². The average molecular weight is 395 g/mol. The molecule has 2 N–H and O–H groups in total. The van der Waals surface area contributed by atoms with Gasteiger partial charge in [-0.05, 0) is 62.4 Å². The van der Waals surface area contributed by atoms with E-state index in [1.807, 2.05) is 19.1 Å². The van der Waals surface area contributed by atoms with Crippen molar-refractivity contribution < 1.29 is 9.84 Å². The molecule has 0 bridgehead atoms. The second-order valence-electron chi connectivity index (χ2n) is 5.07. The first-order valence-corrected chi connectivity index (χ1v) is 7.94. The molecule has 1 atom stereocenters. The first-order valence-electron chi connectivity index (χ1n) is 6.35. The molecule has 0 amide bonds. The predicted molar refractivity (Wildman–Crippen MR) is 86.7 cm³/mol. The van der Waals surface area contributed by atoms with Crippen LogP contribution in [0.1, 0.15) is 19.4 Å². The van der Waals surface area contributed by atoms with Gasteiger partial charge in [0.1, 0.15) is 0 Å². The molecular formula is C14H21Br2NO2. The summed E-state index contributed by atoms with van der Waals surface area (Å²) in [7, 11) is 0. The van der Waals surface area contributed by atoms with Gasteiger partial charge in [0.15, 0.2) is 0 Å². The Labute approximate surface area is 132 Å². The van der Waals surface area contributed by atoms with E-state index >= 15 is 0 Å². The van der Waals surface area contributed by atoms with Gasteiger partial charge in [-0.15, -0.1) is 0 Å². The van der Waals surface area contributed by atoms with Gasteiger partial charge in [-0.25, -0.2) is 0 Å². The summed E-state index contributed by atoms with van der Waals surface area (Å²) in [6.45, 7) is 7.70. The normalized spacial score (nSPS) is 12.8. The molecule has 0 heterocycles. The highest BCUT2D eigenvalue weighted by atomic mass is 79.9. The topological polar surface area (TPSA) is 41.5 Å². The second kappa shape index (κ2) is 8.25. The van der Waals surface area contributed by atoms with Crippen molar-refractivity contribution in [3.8, 4) is 0 Å². The van der Waals surface area contributed by atoms with Gasteiger partial charge >= 0.3 is 0 Å². The Morgan fingerprint density at radius 2 is 1.79 bits per heavy atom. The van der Waals surface area contributed by atoms with Gasteiger partial charge in [-0.2, -0.15) is 0 Å². The summed E-state index contributed by atoms with van der Waals surface area (Å²) in [5.74, 6) is 0.487. The summed E-state index contributed by atoms with van der Waals surface area (Å²) in [5.41, 5.74) is 2.12. The lowest BCUT2D eigenvalue weighted by atomic mass is 10.2. The fraction of sp³-hybridized carbons (Fsp3) is 0.571. The number of aliphatic hydroxyl groups is 1. The lowest BCUT2D eigenvalue weighted by Crippen LogP contribution is -2.26. The van der Waals surface area contributed by atoms with Crippen LogP contribution >= 0.6 is 31.9 Å². The smallest absolute Gasteiger partial charge is 0.0945 e. The molecular weight excluding hydrogens is 374 g/mol. The number of halogens is 2. The van der Waals surface area contributed by atoms with Crippen LogP contribution in [-0.2, 0) is 4.74 Å². The Morgan fingerprint density at radius 3 is 2.32 bits per heavy atom. The zero-order chi connectivity index (χ0) is 14.4. The van der Waals surface area contributed by atoms with E-state index in [1.54, 1.807) is 0 Å². The number of hydrogen-bond acceptors (Lipinski definition) is 3. The average Bonchev–Trinajstić information content (AvgIpc) is 2.26. The molecule has 1 aromatic carbocycles. The van der Waals surface area contributed by atoms with Crippen molar-refractivity contribution in [1.82, 2.24) is 0 Å². The van der Waals surface area contributed by atoms with E-state index in [1.165, 1.54) is 5.56 Å². The molecule has 1 unspecified atom stereocenters. The molecule has 0 radical (unpaired) electrons. The Balaban J connectivity index is 2.44. The molecule has 0 spiro atoms. The van der Waals surface area contributed by atoms with Crippen molar-refractivity contribution in [1.29, 1.82) is 0 Å². The third-order valence-electron chi connectivity index (χ3n) is 2.46. The van der Waals surface area contributed by atoms with Gasteiger partial charge in [-0.3, -0.25) is 0 Å². The Morgan fingerprint density at radius 1 is 1.21 bits per heavy atom. The summed E-state index contributed by atoms with van der Waals surface area (Å²) >= 11 is 7.03. The van der Waals surface area contributed by atoms with Gasteiger partial charge in [0.05, 0.1) is 18.4 Å². The van der Waals surface area contributed by atoms with Crippen LogP contribution in [0.2, 0.25) is 0 Å². The minimum absolute atomic E-state index is 0.353. The molecule has 3 nitrogen and oxygen atoms in total. The first-order chi connectivity index (χ1) is 8.90. The number of rotatable bonds is 7. The van der Waals surface area contributed by atoms with Crippen LogP contribution in [0.15, 0.2) is 21.1 Å². The number of ether oxygens (including phenoxy) is 1. The number of aryl methyl sites for hydroxylation is 1. The molecule has 5 heteroatoms. The largest absolute Gasteiger partial charge is 0.389 e. The van der Waals surface area contributed by atoms with Crippen molar-refractivity contribution >= 4 is 37.5 Å². The Bertz CT molecular complexity index is 387. The van der Waals surface area contributed by atoms with E-state index in [2.05, 4.69) is 51.0 Å². The van der Waals surface area contributed by atoms with E-state index in [0.29, 0.717) is 25.7 Å². The maximum atomic E-state index is 9.84. The van der Waals surface area contributed by atoms with Crippen LogP contribution in [0.3, 0.4) is 0 Å². The molecule has 19 heavy (non-hydrogen) atoms. The third-order valence-corrected chi connectivity index (χ3v) is 3.71. The molecule has 0 aromatic heterocycles. The molecule has 0 saturated carbocycles. The summed E-state index contributed by atoms with van der Waals surface area (Å²) in [6.07, 6.45) is -0.515. The van der Waals surface area contributed by atoms with Gasteiger partial charge in [-0.1, -0.05) is 13.8 Å². The van der Waals surface area contributed by atoms with Crippen molar-refractivity contribution in [2.75, 3.05) is 25.1 Å². The van der Waals surface area contributed by atoms with Gasteiger partial charge in [0.2, 0.25) is 0 Å². The van der Waals surface area contributed by atoms with Crippen LogP contribution in [0.4, 0.5) is 5.69 Å². The third kappa shape index (κ3) is 6.25. The Kier molecular flexibility index (Phi) is 7.36. The SMILES string of the molecule is Cc1cc(Br)c(NCC(O)COCC(C)C)c(Br)c1. The van der Waals surface area contributed by atoms with Gasteiger partial charge in [0, 0.05) is 22.1 Å². The monoisotopic (exact) mass is 393 g/mol. The standard InChI is InChI=1S/C14H21Br2NO2/c1-9(2)7-19-8-11(18)6-17-14-12(15)4-10(3)5-13(14)16/h4-5,9,11,17-18H,6-8H2,1-3H3. The van der Waals surface area contributed by atoms with Crippen molar-refractivity contribution in [2.45, 2.75) is 26.9 Å². The molecule has 0 aliphatic rings. The van der Waals surface area contributed by atoms with E-state index in [0.717, 1.165) is 14.6 Å². The molecule has 0 saturated heterocycles. The number of benzene rings is 1. The van der Waals surface area contributed by atoms with Crippen LogP contribution in [0.5, 0.6) is 0 Å². The maximum Gasteiger partial charge on any atom is 0.0945 e. The molecule has 0 fully saturated rings. The lowest BCUT2D eigenvalue weighted by Gasteiger charge is -2.16. The van der Waals surface area contributed by atoms with E-state index in [9.17, 15) is 5.11 Å². The maximum absolute atomic E-state index is 9.84. The summed E-state index contributed by atoms with van der Waals surface area (Å²) < 4.78 is 7.37. The zero-order valence-electron chi connectivity index (χ0n) is 11.5. The summed E-state index contributed by atoms with van der Waals surface area (Å²) in [4.78, 5) is 0. The quantitative estimate of drug-likeness (QED) is 0.735. The van der Waals surface area contributed by atoms with Gasteiger partial charge in [0.25, 0.3) is 0 Å². The second-order valence-corrected chi connectivity index (χ2v) is 6.78. The molecule has 1 aromatic rings. The van der Waals surface area contributed by atoms with Crippen LogP contribution < -0.4 is 5.32 Å². The minimum Gasteiger partial charge on any atom is -0.389 e. The highest BCUT2D eigenvalue weighted by molar-refractivity contribution is 9.11. The van der Waals surface area contributed by atoms with Gasteiger partial charge < -0.3 is 15.2 Å². The fourth-order valence-corrected chi connectivity index (χ4v) is 3.28. The van der Waals surface area contributed by atoms with Crippen LogP contribution in [0.25, 0.3) is 0 Å². The summed E-state index contributed by atoms with van der Waals surface area (Å²) in [5, 5.41) is 13.1. The Hall–Kier alpha value is -0.100.